The maximum absolute atomic E-state index is 12.6. The number of benzene rings is 2. The van der Waals surface area contributed by atoms with Crippen molar-refractivity contribution in [2.45, 2.75) is 19.3 Å². The van der Waals surface area contributed by atoms with Crippen LogP contribution >= 0.6 is 0 Å². The molecule has 5 heteroatoms. The van der Waals surface area contributed by atoms with E-state index in [0.717, 1.165) is 36.6 Å². The minimum absolute atomic E-state index is 0.0367. The lowest BCUT2D eigenvalue weighted by Gasteiger charge is -2.22. The smallest absolute Gasteiger partial charge is 0.253 e. The van der Waals surface area contributed by atoms with Crippen molar-refractivity contribution in [3.63, 3.8) is 0 Å². The zero-order chi connectivity index (χ0) is 18.2. The number of hydrogen-bond donors (Lipinski definition) is 3. The highest BCUT2D eigenvalue weighted by Gasteiger charge is 2.14. The predicted octanol–water partition coefficient (Wildman–Crippen LogP) is 3.56. The molecule has 1 atom stereocenters. The van der Waals surface area contributed by atoms with Gasteiger partial charge in [-0.2, -0.15) is 0 Å². The van der Waals surface area contributed by atoms with E-state index in [2.05, 4.69) is 16.0 Å². The Morgan fingerprint density at radius 3 is 2.73 bits per heavy atom. The first-order valence-electron chi connectivity index (χ1n) is 9.25. The molecule has 0 aromatic heterocycles. The lowest BCUT2D eigenvalue weighted by Crippen LogP contribution is -2.33. The molecule has 3 rings (SSSR count). The molecule has 1 aliphatic heterocycles. The number of carbonyl (C=O) groups is 1. The van der Waals surface area contributed by atoms with Crippen LogP contribution in [0.4, 0.5) is 11.4 Å². The average Bonchev–Trinajstić information content (AvgIpc) is 2.70. The molecule has 3 N–H and O–H groups in total. The summed E-state index contributed by atoms with van der Waals surface area (Å²) in [5, 5.41) is 9.80. The zero-order valence-electron chi connectivity index (χ0n) is 15.3. The highest BCUT2D eigenvalue weighted by Crippen LogP contribution is 2.23. The third-order valence-corrected chi connectivity index (χ3v) is 4.78. The molecule has 1 amide bonds. The molecule has 2 aromatic rings. The summed E-state index contributed by atoms with van der Waals surface area (Å²) < 4.78 is 5.18. The number of rotatable bonds is 7. The van der Waals surface area contributed by atoms with Crippen LogP contribution in [0.25, 0.3) is 0 Å². The molecule has 0 aliphatic carbocycles. The number of amides is 1. The summed E-state index contributed by atoms with van der Waals surface area (Å²) in [6.07, 6.45) is 3.50. The Balaban J connectivity index is 1.59. The minimum atomic E-state index is -0.0367. The number of ether oxygens (including phenoxy) is 1. The number of carbonyl (C=O) groups excluding carboxylic acids is 1. The van der Waals surface area contributed by atoms with E-state index in [1.165, 1.54) is 12.8 Å². The normalized spacial score (nSPS) is 16.7. The van der Waals surface area contributed by atoms with Crippen molar-refractivity contribution >= 4 is 17.3 Å². The first-order chi connectivity index (χ1) is 12.8. The summed E-state index contributed by atoms with van der Waals surface area (Å²) in [6.45, 7) is 2.89. The largest absolute Gasteiger partial charge is 0.497 e. The van der Waals surface area contributed by atoms with E-state index in [1.807, 2.05) is 48.5 Å². The molecule has 1 fully saturated rings. The van der Waals surface area contributed by atoms with E-state index in [4.69, 9.17) is 4.74 Å². The Kier molecular flexibility index (Phi) is 6.50. The highest BCUT2D eigenvalue weighted by atomic mass is 16.5. The quantitative estimate of drug-likeness (QED) is 0.712. The SMILES string of the molecule is COc1ccc(Nc2ccccc2C(=O)NCCC2CCCNC2)cc1. The average molecular weight is 353 g/mol. The van der Waals surface area contributed by atoms with Crippen molar-refractivity contribution in [1.82, 2.24) is 10.6 Å². The predicted molar refractivity (Wildman–Crippen MR) is 105 cm³/mol. The molecule has 0 bridgehead atoms. The van der Waals surface area contributed by atoms with Crippen molar-refractivity contribution in [2.24, 2.45) is 5.92 Å². The molecule has 0 saturated carbocycles. The van der Waals surface area contributed by atoms with Crippen molar-refractivity contribution in [1.29, 1.82) is 0 Å². The summed E-state index contributed by atoms with van der Waals surface area (Å²) >= 11 is 0. The first-order valence-corrected chi connectivity index (χ1v) is 9.25. The van der Waals surface area contributed by atoms with Crippen LogP contribution in [0.2, 0.25) is 0 Å². The summed E-state index contributed by atoms with van der Waals surface area (Å²) in [5.41, 5.74) is 2.37. The Bertz CT molecular complexity index is 709. The van der Waals surface area contributed by atoms with Crippen LogP contribution in [0.15, 0.2) is 48.5 Å². The van der Waals surface area contributed by atoms with Crippen LogP contribution in [0, 0.1) is 5.92 Å². The number of piperidine rings is 1. The van der Waals surface area contributed by atoms with Gasteiger partial charge in [0.1, 0.15) is 5.75 Å². The van der Waals surface area contributed by atoms with Crippen LogP contribution in [0.3, 0.4) is 0 Å². The van der Waals surface area contributed by atoms with Gasteiger partial charge in [0, 0.05) is 12.2 Å². The Labute approximate surface area is 155 Å². The lowest BCUT2D eigenvalue weighted by molar-refractivity contribution is 0.0951. The molecule has 1 heterocycles. The summed E-state index contributed by atoms with van der Waals surface area (Å²) in [7, 11) is 1.64. The molecule has 26 heavy (non-hydrogen) atoms. The molecular weight excluding hydrogens is 326 g/mol. The third-order valence-electron chi connectivity index (χ3n) is 4.78. The standard InChI is InChI=1S/C21H27N3O2/c1-26-18-10-8-17(9-11-18)24-20-7-3-2-6-19(20)21(25)23-14-12-16-5-4-13-22-15-16/h2-3,6-11,16,22,24H,4-5,12-15H2,1H3,(H,23,25). The van der Waals surface area contributed by atoms with Crippen LogP contribution in [-0.4, -0.2) is 32.7 Å². The fourth-order valence-corrected chi connectivity index (χ4v) is 3.28. The number of para-hydroxylation sites is 1. The maximum atomic E-state index is 12.6. The molecule has 0 radical (unpaired) electrons. The van der Waals surface area contributed by atoms with Crippen molar-refractivity contribution in [2.75, 3.05) is 32.1 Å². The van der Waals surface area contributed by atoms with Gasteiger partial charge in [-0.15, -0.1) is 0 Å². The van der Waals surface area contributed by atoms with Gasteiger partial charge in [0.15, 0.2) is 0 Å². The van der Waals surface area contributed by atoms with Gasteiger partial charge in [0.25, 0.3) is 5.91 Å². The Hall–Kier alpha value is -2.53. The van der Waals surface area contributed by atoms with Crippen LogP contribution in [0.1, 0.15) is 29.6 Å². The van der Waals surface area contributed by atoms with Gasteiger partial charge >= 0.3 is 0 Å². The monoisotopic (exact) mass is 353 g/mol. The molecule has 0 spiro atoms. The fourth-order valence-electron chi connectivity index (χ4n) is 3.28. The molecule has 1 aliphatic rings. The van der Waals surface area contributed by atoms with E-state index >= 15 is 0 Å². The van der Waals surface area contributed by atoms with Gasteiger partial charge < -0.3 is 20.7 Å². The number of nitrogens with one attached hydrogen (secondary N) is 3. The van der Waals surface area contributed by atoms with Gasteiger partial charge in [-0.3, -0.25) is 4.79 Å². The second kappa shape index (κ2) is 9.25. The number of hydrogen-bond acceptors (Lipinski definition) is 4. The topological polar surface area (TPSA) is 62.4 Å². The van der Waals surface area contributed by atoms with Crippen LogP contribution in [0.5, 0.6) is 5.75 Å². The molecular formula is C21H27N3O2. The molecule has 2 aromatic carbocycles. The first kappa shape index (κ1) is 18.3. The van der Waals surface area contributed by atoms with Crippen LogP contribution in [-0.2, 0) is 0 Å². The van der Waals surface area contributed by atoms with Crippen molar-refractivity contribution < 1.29 is 9.53 Å². The summed E-state index contributed by atoms with van der Waals surface area (Å²) in [4.78, 5) is 12.6. The van der Waals surface area contributed by atoms with Gasteiger partial charge in [0.05, 0.1) is 18.4 Å². The van der Waals surface area contributed by atoms with Crippen molar-refractivity contribution in [3.05, 3.63) is 54.1 Å². The van der Waals surface area contributed by atoms with Gasteiger partial charge in [0.2, 0.25) is 0 Å². The third kappa shape index (κ3) is 4.99. The van der Waals surface area contributed by atoms with E-state index in [0.29, 0.717) is 18.0 Å². The Morgan fingerprint density at radius 2 is 2.00 bits per heavy atom. The summed E-state index contributed by atoms with van der Waals surface area (Å²) in [5.74, 6) is 1.43. The molecule has 138 valence electrons. The second-order valence-electron chi connectivity index (χ2n) is 6.66. The lowest BCUT2D eigenvalue weighted by atomic mass is 9.96. The fraction of sp³-hybridized carbons (Fsp3) is 0.381. The van der Waals surface area contributed by atoms with Crippen molar-refractivity contribution in [3.8, 4) is 5.75 Å². The maximum Gasteiger partial charge on any atom is 0.253 e. The minimum Gasteiger partial charge on any atom is -0.497 e. The van der Waals surface area contributed by atoms with E-state index in [9.17, 15) is 4.79 Å². The van der Waals surface area contributed by atoms with E-state index in [1.54, 1.807) is 7.11 Å². The van der Waals surface area contributed by atoms with Crippen LogP contribution < -0.4 is 20.7 Å². The molecule has 1 unspecified atom stereocenters. The van der Waals surface area contributed by atoms with Gasteiger partial charge in [-0.25, -0.2) is 0 Å². The van der Waals surface area contributed by atoms with E-state index < -0.39 is 0 Å². The number of anilines is 2. The molecule has 1 saturated heterocycles. The zero-order valence-corrected chi connectivity index (χ0v) is 15.3. The van der Waals surface area contributed by atoms with E-state index in [-0.39, 0.29) is 5.91 Å². The van der Waals surface area contributed by atoms with Gasteiger partial charge in [-0.1, -0.05) is 12.1 Å². The highest BCUT2D eigenvalue weighted by molar-refractivity contribution is 6.00. The summed E-state index contributed by atoms with van der Waals surface area (Å²) in [6, 6.07) is 15.2. The van der Waals surface area contributed by atoms with Gasteiger partial charge in [-0.05, 0) is 74.7 Å². The Morgan fingerprint density at radius 1 is 1.19 bits per heavy atom. The molecule has 5 nitrogen and oxygen atoms in total. The second-order valence-corrected chi connectivity index (χ2v) is 6.66. The number of methoxy groups -OCH3 is 1.